The molecule has 16 heteroatoms. The number of rotatable bonds is 34. The summed E-state index contributed by atoms with van der Waals surface area (Å²) in [6.07, 6.45) is 0.599. The van der Waals surface area contributed by atoms with Crippen LogP contribution in [0.25, 0.3) is 0 Å². The predicted molar refractivity (Wildman–Crippen MR) is 188 cm³/mol. The minimum atomic E-state index is -4.48. The van der Waals surface area contributed by atoms with Crippen LogP contribution in [0.1, 0.15) is 15.9 Å². The van der Waals surface area contributed by atoms with Crippen molar-refractivity contribution in [1.29, 1.82) is 0 Å². The molecule has 2 aromatic carbocycles. The summed E-state index contributed by atoms with van der Waals surface area (Å²) < 4.78 is 98.4. The number of nitrogens with one attached hydrogen (secondary N) is 1. The van der Waals surface area contributed by atoms with Gasteiger partial charge < -0.3 is 57.4 Å². The van der Waals surface area contributed by atoms with Crippen LogP contribution in [0.4, 0.5) is 24.5 Å². The first-order valence-electron chi connectivity index (χ1n) is 17.3. The second-order valence-corrected chi connectivity index (χ2v) is 10.7. The molecule has 0 heterocycles. The fourth-order valence-corrected chi connectivity index (χ4v) is 4.08. The van der Waals surface area contributed by atoms with Crippen molar-refractivity contribution in [2.75, 3.05) is 144 Å². The van der Waals surface area contributed by atoms with Crippen molar-refractivity contribution in [3.05, 3.63) is 59.7 Å². The number of carbonyl (C=O) groups excluding carboxylic acids is 1. The number of esters is 1. The summed E-state index contributed by atoms with van der Waals surface area (Å²) in [7, 11) is 0. The van der Waals surface area contributed by atoms with E-state index < -0.39 is 17.7 Å². The number of ether oxygens (including phenoxy) is 11. The van der Waals surface area contributed by atoms with Crippen molar-refractivity contribution in [3.8, 4) is 12.3 Å². The summed E-state index contributed by atoms with van der Waals surface area (Å²) in [5.41, 5.74) is -0.0969. The molecule has 0 saturated heterocycles. The molecule has 1 N–H and O–H groups in total. The molecule has 2 rings (SSSR count). The molecule has 13 nitrogen and oxygen atoms in total. The van der Waals surface area contributed by atoms with Gasteiger partial charge >= 0.3 is 12.1 Å². The van der Waals surface area contributed by atoms with Crippen LogP contribution in [0.2, 0.25) is 0 Å². The topological polar surface area (TPSA) is 131 Å². The number of halogens is 3. The molecular formula is C37H52F3NO12. The van der Waals surface area contributed by atoms with Crippen molar-refractivity contribution in [2.24, 2.45) is 0 Å². The molecular weight excluding hydrogens is 707 g/mol. The Kier molecular flexibility index (Phi) is 26.8. The lowest BCUT2D eigenvalue weighted by molar-refractivity contribution is -0.137. The summed E-state index contributed by atoms with van der Waals surface area (Å²) in [6, 6.07) is 11.1. The van der Waals surface area contributed by atoms with Gasteiger partial charge in [-0.15, -0.1) is 6.42 Å². The number of benzene rings is 2. The monoisotopic (exact) mass is 759 g/mol. The van der Waals surface area contributed by atoms with Crippen molar-refractivity contribution >= 4 is 17.3 Å². The van der Waals surface area contributed by atoms with Gasteiger partial charge in [-0.2, -0.15) is 13.2 Å². The Balaban J connectivity index is 1.30. The van der Waals surface area contributed by atoms with Gasteiger partial charge in [-0.25, -0.2) is 4.79 Å². The molecule has 0 fully saturated rings. The van der Waals surface area contributed by atoms with Gasteiger partial charge in [0.05, 0.1) is 142 Å². The first kappa shape index (κ1) is 45.8. The number of carbonyl (C=O) groups is 1. The van der Waals surface area contributed by atoms with Gasteiger partial charge in [-0.1, -0.05) is 24.1 Å². The van der Waals surface area contributed by atoms with Crippen LogP contribution in [0.15, 0.2) is 48.5 Å². The molecule has 2 aromatic rings. The zero-order valence-corrected chi connectivity index (χ0v) is 30.1. The van der Waals surface area contributed by atoms with E-state index in [-0.39, 0.29) is 24.5 Å². The Hall–Kier alpha value is -3.34. The molecule has 53 heavy (non-hydrogen) atoms. The largest absolute Gasteiger partial charge is 0.460 e. The van der Waals surface area contributed by atoms with Gasteiger partial charge in [0, 0.05) is 5.69 Å². The zero-order chi connectivity index (χ0) is 38.1. The molecule has 0 bridgehead atoms. The van der Waals surface area contributed by atoms with E-state index in [4.69, 9.17) is 58.5 Å². The maximum absolute atomic E-state index is 13.0. The Morgan fingerprint density at radius 3 is 1.36 bits per heavy atom. The van der Waals surface area contributed by atoms with Crippen LogP contribution in [-0.4, -0.2) is 145 Å². The van der Waals surface area contributed by atoms with Crippen LogP contribution < -0.4 is 5.32 Å². The van der Waals surface area contributed by atoms with E-state index in [9.17, 15) is 18.0 Å². The highest BCUT2D eigenvalue weighted by molar-refractivity contribution is 5.96. The molecule has 0 unspecified atom stereocenters. The third-order valence-electron chi connectivity index (χ3n) is 6.61. The summed E-state index contributed by atoms with van der Waals surface area (Å²) in [4.78, 5) is 12.6. The predicted octanol–water partition coefficient (Wildman–Crippen LogP) is 4.41. The maximum atomic E-state index is 13.0. The highest BCUT2D eigenvalue weighted by atomic mass is 19.4. The summed E-state index contributed by atoms with van der Waals surface area (Å²) in [5, 5.41) is 2.86. The smallest absolute Gasteiger partial charge is 0.416 e. The van der Waals surface area contributed by atoms with E-state index >= 15 is 0 Å². The van der Waals surface area contributed by atoms with E-state index in [1.807, 2.05) is 0 Å². The summed E-state index contributed by atoms with van der Waals surface area (Å²) >= 11 is 0. The summed E-state index contributed by atoms with van der Waals surface area (Å²) in [5.74, 6) is 1.76. The molecule has 0 aliphatic heterocycles. The lowest BCUT2D eigenvalue weighted by Crippen LogP contribution is -2.16. The normalized spacial score (nSPS) is 11.4. The van der Waals surface area contributed by atoms with Gasteiger partial charge in [0.25, 0.3) is 0 Å². The molecule has 0 spiro atoms. The van der Waals surface area contributed by atoms with Gasteiger partial charge in [-0.3, -0.25) is 0 Å². The molecule has 0 aliphatic rings. The third kappa shape index (κ3) is 24.6. The van der Waals surface area contributed by atoms with Crippen LogP contribution in [0.3, 0.4) is 0 Å². The molecule has 0 saturated carbocycles. The Morgan fingerprint density at radius 2 is 0.943 bits per heavy atom. The lowest BCUT2D eigenvalue weighted by atomic mass is 10.1. The number of para-hydroxylation sites is 1. The highest BCUT2D eigenvalue weighted by Crippen LogP contribution is 2.32. The zero-order valence-electron chi connectivity index (χ0n) is 30.1. The SMILES string of the molecule is C#CCOCCOCCOCCOCCOCCOCCOCCOCCOCCOCCOC(=O)c1ccccc1Nc1cccc(C(F)(F)F)c1. The number of alkyl halides is 3. The molecule has 298 valence electrons. The average Bonchev–Trinajstić information content (AvgIpc) is 3.15. The summed E-state index contributed by atoms with van der Waals surface area (Å²) in [6.45, 7) is 8.41. The lowest BCUT2D eigenvalue weighted by Gasteiger charge is -2.13. The van der Waals surface area contributed by atoms with Crippen LogP contribution >= 0.6 is 0 Å². The van der Waals surface area contributed by atoms with Gasteiger partial charge in [-0.05, 0) is 30.3 Å². The van der Waals surface area contributed by atoms with Crippen LogP contribution in [0.5, 0.6) is 0 Å². The first-order valence-corrected chi connectivity index (χ1v) is 17.3. The fraction of sp³-hybridized carbons (Fsp3) is 0.595. The number of terminal acetylenes is 1. The third-order valence-corrected chi connectivity index (χ3v) is 6.61. The number of hydrogen-bond acceptors (Lipinski definition) is 13. The standard InChI is InChI=1S/C37H52F3NO12/c1-2-10-43-11-12-44-13-14-45-15-16-46-17-18-47-19-20-48-21-22-49-23-24-50-25-26-51-27-28-52-29-30-53-36(42)34-8-3-4-9-35(34)41-33-7-5-6-32(31-33)37(38,39)40/h1,3-9,31,41H,10-30H2. The Labute approximate surface area is 309 Å². The van der Waals surface area contributed by atoms with Gasteiger partial charge in [0.1, 0.15) is 13.2 Å². The van der Waals surface area contributed by atoms with Crippen LogP contribution in [-0.2, 0) is 58.3 Å². The second kappa shape index (κ2) is 31.1. The van der Waals surface area contributed by atoms with Crippen molar-refractivity contribution < 1.29 is 70.1 Å². The van der Waals surface area contributed by atoms with Crippen LogP contribution in [0, 0.1) is 12.3 Å². The van der Waals surface area contributed by atoms with Crippen molar-refractivity contribution in [2.45, 2.75) is 6.18 Å². The Bertz CT molecular complexity index is 1250. The number of hydrogen-bond donors (Lipinski definition) is 1. The minimum absolute atomic E-state index is 0.00369. The molecule has 0 aliphatic carbocycles. The number of anilines is 2. The fourth-order valence-electron chi connectivity index (χ4n) is 4.08. The van der Waals surface area contributed by atoms with E-state index in [2.05, 4.69) is 11.2 Å². The minimum Gasteiger partial charge on any atom is -0.460 e. The second-order valence-electron chi connectivity index (χ2n) is 10.7. The van der Waals surface area contributed by atoms with Gasteiger partial charge in [0.2, 0.25) is 0 Å². The van der Waals surface area contributed by atoms with Gasteiger partial charge in [0.15, 0.2) is 0 Å². The highest BCUT2D eigenvalue weighted by Gasteiger charge is 2.30. The quantitative estimate of drug-likeness (QED) is 0.0615. The maximum Gasteiger partial charge on any atom is 0.416 e. The first-order chi connectivity index (χ1) is 25.9. The molecule has 0 atom stereocenters. The van der Waals surface area contributed by atoms with E-state index in [1.54, 1.807) is 18.2 Å². The molecule has 0 radical (unpaired) electrons. The van der Waals surface area contributed by atoms with Crippen molar-refractivity contribution in [3.63, 3.8) is 0 Å². The van der Waals surface area contributed by atoms with E-state index in [0.717, 1.165) is 12.1 Å². The average molecular weight is 760 g/mol. The Morgan fingerprint density at radius 1 is 0.547 bits per heavy atom. The van der Waals surface area contributed by atoms with Crippen molar-refractivity contribution in [1.82, 2.24) is 0 Å². The van der Waals surface area contributed by atoms with E-state index in [1.165, 1.54) is 18.2 Å². The molecule has 0 aromatic heterocycles. The van der Waals surface area contributed by atoms with E-state index in [0.29, 0.717) is 131 Å². The molecule has 0 amide bonds.